The molecule has 0 amide bonds. The van der Waals surface area contributed by atoms with Gasteiger partial charge in [-0.25, -0.2) is 0 Å². The van der Waals surface area contributed by atoms with Crippen molar-refractivity contribution < 1.29 is 4.74 Å². The summed E-state index contributed by atoms with van der Waals surface area (Å²) in [6.45, 7) is 6.67. The van der Waals surface area contributed by atoms with Crippen LogP contribution in [-0.2, 0) is 13.2 Å². The van der Waals surface area contributed by atoms with E-state index in [0.717, 1.165) is 34.6 Å². The van der Waals surface area contributed by atoms with Crippen molar-refractivity contribution >= 4 is 15.9 Å². The standard InChI is InChI=1S/C17H21BrN2O/c1-13(2)10-19-11-14-6-5-8-16(18)17(14)21-12-15-7-3-4-9-20-15/h3-9,13,19H,10-12H2,1-2H3. The minimum absolute atomic E-state index is 0.473. The van der Waals surface area contributed by atoms with Crippen molar-refractivity contribution in [3.05, 3.63) is 58.3 Å². The fourth-order valence-electron chi connectivity index (χ4n) is 1.98. The molecule has 1 heterocycles. The molecule has 2 rings (SSSR count). The molecule has 0 atom stereocenters. The molecule has 0 radical (unpaired) electrons. The molecule has 1 aromatic carbocycles. The van der Waals surface area contributed by atoms with Crippen molar-refractivity contribution in [3.8, 4) is 5.75 Å². The van der Waals surface area contributed by atoms with E-state index in [9.17, 15) is 0 Å². The van der Waals surface area contributed by atoms with Crippen LogP contribution in [-0.4, -0.2) is 11.5 Å². The lowest BCUT2D eigenvalue weighted by Crippen LogP contribution is -2.19. The fraction of sp³-hybridized carbons (Fsp3) is 0.353. The molecule has 1 aromatic heterocycles. The van der Waals surface area contributed by atoms with E-state index in [2.05, 4.69) is 46.1 Å². The number of ether oxygens (including phenoxy) is 1. The molecule has 0 aliphatic rings. The molecule has 0 saturated carbocycles. The van der Waals surface area contributed by atoms with Crippen molar-refractivity contribution in [2.45, 2.75) is 27.0 Å². The summed E-state index contributed by atoms with van der Waals surface area (Å²) in [5.41, 5.74) is 2.08. The van der Waals surface area contributed by atoms with Gasteiger partial charge in [0, 0.05) is 18.3 Å². The highest BCUT2D eigenvalue weighted by Gasteiger charge is 2.09. The molecule has 0 fully saturated rings. The Bertz CT molecular complexity index is 558. The number of hydrogen-bond acceptors (Lipinski definition) is 3. The van der Waals surface area contributed by atoms with Crippen molar-refractivity contribution in [2.75, 3.05) is 6.54 Å². The summed E-state index contributed by atoms with van der Waals surface area (Å²) in [6, 6.07) is 12.0. The van der Waals surface area contributed by atoms with E-state index in [1.165, 1.54) is 0 Å². The van der Waals surface area contributed by atoms with Gasteiger partial charge < -0.3 is 10.1 Å². The molecule has 0 unspecified atom stereocenters. The highest BCUT2D eigenvalue weighted by Crippen LogP contribution is 2.29. The van der Waals surface area contributed by atoms with Gasteiger partial charge in [-0.3, -0.25) is 4.98 Å². The summed E-state index contributed by atoms with van der Waals surface area (Å²) >= 11 is 3.57. The number of para-hydroxylation sites is 1. The molecule has 112 valence electrons. The van der Waals surface area contributed by atoms with Gasteiger partial charge in [0.15, 0.2) is 0 Å². The number of halogens is 1. The predicted molar refractivity (Wildman–Crippen MR) is 89.3 cm³/mol. The van der Waals surface area contributed by atoms with E-state index in [1.807, 2.05) is 30.3 Å². The monoisotopic (exact) mass is 348 g/mol. The van der Waals surface area contributed by atoms with Crippen LogP contribution in [0.25, 0.3) is 0 Å². The zero-order valence-corrected chi connectivity index (χ0v) is 14.1. The average molecular weight is 349 g/mol. The maximum Gasteiger partial charge on any atom is 0.138 e. The molecule has 1 N–H and O–H groups in total. The normalized spacial score (nSPS) is 10.9. The summed E-state index contributed by atoms with van der Waals surface area (Å²) in [4.78, 5) is 4.28. The van der Waals surface area contributed by atoms with Crippen LogP contribution in [0.1, 0.15) is 25.1 Å². The first-order chi connectivity index (χ1) is 10.2. The summed E-state index contributed by atoms with van der Waals surface area (Å²) < 4.78 is 6.94. The van der Waals surface area contributed by atoms with Crippen molar-refractivity contribution in [2.24, 2.45) is 5.92 Å². The molecule has 0 saturated heterocycles. The molecule has 2 aromatic rings. The van der Waals surface area contributed by atoms with Crippen LogP contribution in [0.2, 0.25) is 0 Å². The van der Waals surface area contributed by atoms with Crippen molar-refractivity contribution in [1.29, 1.82) is 0 Å². The highest BCUT2D eigenvalue weighted by atomic mass is 79.9. The highest BCUT2D eigenvalue weighted by molar-refractivity contribution is 9.10. The Morgan fingerprint density at radius 2 is 2.05 bits per heavy atom. The summed E-state index contributed by atoms with van der Waals surface area (Å²) in [5, 5.41) is 3.45. The van der Waals surface area contributed by atoms with Gasteiger partial charge in [0.2, 0.25) is 0 Å². The van der Waals surface area contributed by atoms with Crippen LogP contribution >= 0.6 is 15.9 Å². The number of benzene rings is 1. The number of hydrogen-bond donors (Lipinski definition) is 1. The average Bonchev–Trinajstić information content (AvgIpc) is 2.47. The lowest BCUT2D eigenvalue weighted by molar-refractivity contribution is 0.295. The summed E-state index contributed by atoms with van der Waals surface area (Å²) in [5.74, 6) is 1.52. The van der Waals surface area contributed by atoms with E-state index in [-0.39, 0.29) is 0 Å². The fourth-order valence-corrected chi connectivity index (χ4v) is 2.50. The molecule has 4 heteroatoms. The molecule has 0 spiro atoms. The third kappa shape index (κ3) is 5.14. The Kier molecular flexibility index (Phi) is 6.21. The second-order valence-corrected chi connectivity index (χ2v) is 6.22. The van der Waals surface area contributed by atoms with Gasteiger partial charge in [0.25, 0.3) is 0 Å². The smallest absolute Gasteiger partial charge is 0.138 e. The van der Waals surface area contributed by atoms with E-state index in [4.69, 9.17) is 4.74 Å². The van der Waals surface area contributed by atoms with Crippen LogP contribution < -0.4 is 10.1 Å². The SMILES string of the molecule is CC(C)CNCc1cccc(Br)c1OCc1ccccn1. The van der Waals surface area contributed by atoms with Gasteiger partial charge in [-0.15, -0.1) is 0 Å². The topological polar surface area (TPSA) is 34.1 Å². The number of pyridine rings is 1. The predicted octanol–water partition coefficient (Wildman–Crippen LogP) is 4.17. The first-order valence-corrected chi connectivity index (χ1v) is 7.97. The molecule has 3 nitrogen and oxygen atoms in total. The summed E-state index contributed by atoms with van der Waals surface area (Å²) in [7, 11) is 0. The third-order valence-electron chi connectivity index (χ3n) is 3.01. The summed E-state index contributed by atoms with van der Waals surface area (Å²) in [6.07, 6.45) is 1.78. The Balaban J connectivity index is 2.03. The third-order valence-corrected chi connectivity index (χ3v) is 3.63. The number of nitrogens with one attached hydrogen (secondary N) is 1. The van der Waals surface area contributed by atoms with Crippen LogP contribution in [0.4, 0.5) is 0 Å². The second-order valence-electron chi connectivity index (χ2n) is 5.36. The number of rotatable bonds is 7. The molecule has 0 aliphatic carbocycles. The van der Waals surface area contributed by atoms with E-state index in [1.54, 1.807) is 6.20 Å². The second kappa shape index (κ2) is 8.15. The van der Waals surface area contributed by atoms with Crippen LogP contribution in [0.15, 0.2) is 47.1 Å². The largest absolute Gasteiger partial charge is 0.486 e. The first kappa shape index (κ1) is 16.0. The van der Waals surface area contributed by atoms with E-state index >= 15 is 0 Å². The van der Waals surface area contributed by atoms with Crippen molar-refractivity contribution in [3.63, 3.8) is 0 Å². The Morgan fingerprint density at radius 3 is 2.76 bits per heavy atom. The molecular weight excluding hydrogens is 328 g/mol. The van der Waals surface area contributed by atoms with Gasteiger partial charge in [0.1, 0.15) is 12.4 Å². The molecule has 0 bridgehead atoms. The van der Waals surface area contributed by atoms with Gasteiger partial charge in [0.05, 0.1) is 10.2 Å². The first-order valence-electron chi connectivity index (χ1n) is 7.17. The minimum atomic E-state index is 0.473. The van der Waals surface area contributed by atoms with Gasteiger partial charge in [-0.05, 0) is 46.6 Å². The zero-order valence-electron chi connectivity index (χ0n) is 12.5. The van der Waals surface area contributed by atoms with E-state index in [0.29, 0.717) is 12.5 Å². The van der Waals surface area contributed by atoms with E-state index < -0.39 is 0 Å². The maximum absolute atomic E-state index is 5.96. The van der Waals surface area contributed by atoms with Gasteiger partial charge in [-0.1, -0.05) is 32.0 Å². The Morgan fingerprint density at radius 1 is 1.19 bits per heavy atom. The molecular formula is C17H21BrN2O. The number of nitrogens with zero attached hydrogens (tertiary/aromatic N) is 1. The van der Waals surface area contributed by atoms with Crippen molar-refractivity contribution in [1.82, 2.24) is 10.3 Å². The molecule has 21 heavy (non-hydrogen) atoms. The lowest BCUT2D eigenvalue weighted by Gasteiger charge is -2.14. The quantitative estimate of drug-likeness (QED) is 0.815. The van der Waals surface area contributed by atoms with Crippen LogP contribution in [0, 0.1) is 5.92 Å². The van der Waals surface area contributed by atoms with Crippen LogP contribution in [0.5, 0.6) is 5.75 Å². The zero-order chi connectivity index (χ0) is 15.1. The Labute approximate surface area is 134 Å². The number of aromatic nitrogens is 1. The maximum atomic E-state index is 5.96. The minimum Gasteiger partial charge on any atom is -0.486 e. The lowest BCUT2D eigenvalue weighted by atomic mass is 10.2. The van der Waals surface area contributed by atoms with Gasteiger partial charge in [-0.2, -0.15) is 0 Å². The van der Waals surface area contributed by atoms with Crippen LogP contribution in [0.3, 0.4) is 0 Å². The van der Waals surface area contributed by atoms with Gasteiger partial charge >= 0.3 is 0 Å². The molecule has 0 aliphatic heterocycles. The Hall–Kier alpha value is -1.39.